The molecule has 0 radical (unpaired) electrons. The Kier molecular flexibility index (Phi) is 9.33. The second-order valence-electron chi connectivity index (χ2n) is 6.72. The van der Waals surface area contributed by atoms with Crippen LogP contribution in [0.5, 0.6) is 0 Å². The minimum atomic E-state index is -1.32. The van der Waals surface area contributed by atoms with Crippen molar-refractivity contribution in [3.63, 3.8) is 0 Å². The van der Waals surface area contributed by atoms with Gasteiger partial charge >= 0.3 is 12.1 Å². The summed E-state index contributed by atoms with van der Waals surface area (Å²) in [6, 6.07) is 16.1. The summed E-state index contributed by atoms with van der Waals surface area (Å²) in [6.45, 7) is -0.688. The lowest BCUT2D eigenvalue weighted by molar-refractivity contribution is -0.142. The summed E-state index contributed by atoms with van der Waals surface area (Å²) in [6.07, 6.45) is 0.557. The molecule has 0 aliphatic heterocycles. The van der Waals surface area contributed by atoms with Gasteiger partial charge in [0.25, 0.3) is 0 Å². The van der Waals surface area contributed by atoms with E-state index in [2.05, 4.69) is 10.6 Å². The average molecular weight is 414 g/mol. The molecule has 8 heteroatoms. The van der Waals surface area contributed by atoms with Gasteiger partial charge in [0.05, 0.1) is 6.61 Å². The van der Waals surface area contributed by atoms with Gasteiger partial charge < -0.3 is 25.6 Å². The topological polar surface area (TPSA) is 125 Å². The molecule has 4 N–H and O–H groups in total. The highest BCUT2D eigenvalue weighted by atomic mass is 16.5. The van der Waals surface area contributed by atoms with Crippen molar-refractivity contribution in [1.82, 2.24) is 10.6 Å². The van der Waals surface area contributed by atoms with Gasteiger partial charge in [0.15, 0.2) is 0 Å². The number of rotatable bonds is 11. The normalized spacial score (nSPS) is 12.4. The Balaban J connectivity index is 1.81. The quantitative estimate of drug-likeness (QED) is 0.445. The number of aliphatic hydroxyl groups is 1. The van der Waals surface area contributed by atoms with Crippen LogP contribution in [0, 0.1) is 0 Å². The van der Waals surface area contributed by atoms with Crippen LogP contribution in [0.15, 0.2) is 60.7 Å². The van der Waals surface area contributed by atoms with Crippen LogP contribution >= 0.6 is 0 Å². The van der Waals surface area contributed by atoms with Crippen molar-refractivity contribution in [3.05, 3.63) is 71.8 Å². The number of aryl methyl sites for hydroxylation is 1. The number of carboxylic acids is 1. The van der Waals surface area contributed by atoms with Gasteiger partial charge in [0.1, 0.15) is 18.7 Å². The predicted molar refractivity (Wildman–Crippen MR) is 110 cm³/mol. The Hall–Kier alpha value is -3.39. The highest BCUT2D eigenvalue weighted by molar-refractivity contribution is 5.89. The van der Waals surface area contributed by atoms with E-state index in [-0.39, 0.29) is 13.0 Å². The Morgan fingerprint density at radius 3 is 2.03 bits per heavy atom. The first-order chi connectivity index (χ1) is 14.5. The average Bonchev–Trinajstić information content (AvgIpc) is 2.76. The molecule has 0 saturated carbocycles. The number of ether oxygens (including phenoxy) is 1. The molecule has 0 spiro atoms. The first kappa shape index (κ1) is 22.9. The van der Waals surface area contributed by atoms with E-state index in [1.165, 1.54) is 0 Å². The maximum Gasteiger partial charge on any atom is 0.408 e. The summed E-state index contributed by atoms with van der Waals surface area (Å²) in [5.74, 6) is -1.97. The molecule has 0 bridgehead atoms. The van der Waals surface area contributed by atoms with Crippen LogP contribution < -0.4 is 10.6 Å². The zero-order chi connectivity index (χ0) is 21.8. The van der Waals surface area contributed by atoms with E-state index in [1.54, 1.807) is 24.3 Å². The van der Waals surface area contributed by atoms with Crippen LogP contribution in [0.2, 0.25) is 0 Å². The molecule has 0 heterocycles. The molecule has 0 unspecified atom stereocenters. The van der Waals surface area contributed by atoms with Crippen LogP contribution in [-0.2, 0) is 27.4 Å². The summed E-state index contributed by atoms with van der Waals surface area (Å²) in [4.78, 5) is 35.7. The number of benzene rings is 2. The number of carbonyl (C=O) groups excluding carboxylic acids is 2. The van der Waals surface area contributed by atoms with E-state index in [0.29, 0.717) is 12.8 Å². The van der Waals surface area contributed by atoms with Crippen LogP contribution in [0.1, 0.15) is 24.0 Å². The molecule has 160 valence electrons. The van der Waals surface area contributed by atoms with Crippen molar-refractivity contribution in [2.75, 3.05) is 6.61 Å². The summed E-state index contributed by atoms with van der Waals surface area (Å²) in [5.41, 5.74) is 1.84. The molecule has 2 rings (SSSR count). The highest BCUT2D eigenvalue weighted by Crippen LogP contribution is 2.07. The number of carboxylic acid groups (broad SMARTS) is 1. The van der Waals surface area contributed by atoms with Gasteiger partial charge in [0.2, 0.25) is 5.91 Å². The Bertz CT molecular complexity index is 813. The van der Waals surface area contributed by atoms with Gasteiger partial charge in [-0.2, -0.15) is 0 Å². The SMILES string of the molecule is O=C(N[C@@H](CO)C(=O)N[C@@H](CCCc1ccccc1)C(=O)O)OCc1ccccc1. The van der Waals surface area contributed by atoms with E-state index in [9.17, 15) is 24.6 Å². The third-order valence-corrected chi connectivity index (χ3v) is 4.42. The van der Waals surface area contributed by atoms with Gasteiger partial charge in [-0.15, -0.1) is 0 Å². The van der Waals surface area contributed by atoms with E-state index < -0.39 is 36.7 Å². The zero-order valence-corrected chi connectivity index (χ0v) is 16.5. The number of aliphatic carboxylic acids is 1. The third-order valence-electron chi connectivity index (χ3n) is 4.42. The van der Waals surface area contributed by atoms with Crippen LogP contribution in [0.4, 0.5) is 4.79 Å². The van der Waals surface area contributed by atoms with Crippen LogP contribution in [0.25, 0.3) is 0 Å². The number of carbonyl (C=O) groups is 3. The fourth-order valence-electron chi connectivity index (χ4n) is 2.79. The number of hydrogen-bond acceptors (Lipinski definition) is 5. The predicted octanol–water partition coefficient (Wildman–Crippen LogP) is 1.87. The third kappa shape index (κ3) is 7.92. The lowest BCUT2D eigenvalue weighted by atomic mass is 10.0. The lowest BCUT2D eigenvalue weighted by Gasteiger charge is -2.20. The molecule has 8 nitrogen and oxygen atoms in total. The van der Waals surface area contributed by atoms with E-state index >= 15 is 0 Å². The molecule has 30 heavy (non-hydrogen) atoms. The summed E-state index contributed by atoms with van der Waals surface area (Å²) in [7, 11) is 0. The highest BCUT2D eigenvalue weighted by Gasteiger charge is 2.26. The first-order valence-corrected chi connectivity index (χ1v) is 9.64. The van der Waals surface area contributed by atoms with Gasteiger partial charge in [-0.05, 0) is 30.4 Å². The summed E-state index contributed by atoms with van der Waals surface area (Å²) >= 11 is 0. The Morgan fingerprint density at radius 1 is 0.867 bits per heavy atom. The van der Waals surface area contributed by atoms with E-state index in [1.807, 2.05) is 36.4 Å². The number of aliphatic hydroxyl groups excluding tert-OH is 1. The van der Waals surface area contributed by atoms with Gasteiger partial charge in [-0.3, -0.25) is 4.79 Å². The summed E-state index contributed by atoms with van der Waals surface area (Å²) in [5, 5.41) is 23.4. The Labute approximate surface area is 174 Å². The van der Waals surface area contributed by atoms with E-state index in [0.717, 1.165) is 11.1 Å². The molecular formula is C22H26N2O6. The van der Waals surface area contributed by atoms with Gasteiger partial charge in [-0.1, -0.05) is 60.7 Å². The number of nitrogens with one attached hydrogen (secondary N) is 2. The molecule has 0 aliphatic rings. The van der Waals surface area contributed by atoms with Crippen LogP contribution in [-0.4, -0.2) is 46.9 Å². The molecule has 2 aromatic carbocycles. The molecular weight excluding hydrogens is 388 g/mol. The van der Waals surface area contributed by atoms with Gasteiger partial charge in [0, 0.05) is 0 Å². The zero-order valence-electron chi connectivity index (χ0n) is 16.5. The lowest BCUT2D eigenvalue weighted by Crippen LogP contribution is -2.53. The second kappa shape index (κ2) is 12.2. The first-order valence-electron chi connectivity index (χ1n) is 9.64. The van der Waals surface area contributed by atoms with Crippen molar-refractivity contribution >= 4 is 18.0 Å². The van der Waals surface area contributed by atoms with E-state index in [4.69, 9.17) is 4.74 Å². The summed E-state index contributed by atoms with van der Waals surface area (Å²) < 4.78 is 5.02. The number of alkyl carbamates (subject to hydrolysis) is 1. The molecule has 0 saturated heterocycles. The minimum absolute atomic E-state index is 0.00365. The largest absolute Gasteiger partial charge is 0.480 e. The van der Waals surface area contributed by atoms with Crippen molar-refractivity contribution in [1.29, 1.82) is 0 Å². The monoisotopic (exact) mass is 414 g/mol. The number of hydrogen-bond donors (Lipinski definition) is 4. The fourth-order valence-corrected chi connectivity index (χ4v) is 2.79. The standard InChI is InChI=1S/C22H26N2O6/c25-14-19(24-22(29)30-15-17-10-5-2-6-11-17)20(26)23-18(21(27)28)13-7-12-16-8-3-1-4-9-16/h1-6,8-11,18-19,25H,7,12-15H2,(H,23,26)(H,24,29)(H,27,28)/t18-,19-/m0/s1. The van der Waals surface area contributed by atoms with Crippen molar-refractivity contribution in [3.8, 4) is 0 Å². The molecule has 2 amide bonds. The molecule has 0 fully saturated rings. The van der Waals surface area contributed by atoms with Crippen LogP contribution in [0.3, 0.4) is 0 Å². The fraction of sp³-hybridized carbons (Fsp3) is 0.318. The maximum atomic E-state index is 12.3. The molecule has 2 aromatic rings. The number of amides is 2. The maximum absolute atomic E-state index is 12.3. The van der Waals surface area contributed by atoms with Crippen molar-refractivity contribution in [2.45, 2.75) is 38.0 Å². The molecule has 2 atom stereocenters. The molecule has 0 aliphatic carbocycles. The van der Waals surface area contributed by atoms with Gasteiger partial charge in [-0.25, -0.2) is 9.59 Å². The van der Waals surface area contributed by atoms with Crippen molar-refractivity contribution < 1.29 is 29.3 Å². The second-order valence-corrected chi connectivity index (χ2v) is 6.72. The van der Waals surface area contributed by atoms with Crippen molar-refractivity contribution in [2.24, 2.45) is 0 Å². The smallest absolute Gasteiger partial charge is 0.408 e. The Morgan fingerprint density at radius 2 is 1.47 bits per heavy atom. The molecule has 0 aromatic heterocycles. The minimum Gasteiger partial charge on any atom is -0.480 e.